The fourth-order valence-electron chi connectivity index (χ4n) is 3.39. The summed E-state index contributed by atoms with van der Waals surface area (Å²) in [6.45, 7) is 0.0487. The Balaban J connectivity index is 1.81. The van der Waals surface area contributed by atoms with Crippen molar-refractivity contribution in [1.82, 2.24) is 10.0 Å². The van der Waals surface area contributed by atoms with E-state index >= 15 is 0 Å². The molecule has 0 saturated carbocycles. The quantitative estimate of drug-likeness (QED) is 0.338. The standard InChI is InChI=1S/C24H27N3O7S2/c1-33-22-13-12-20(15-23(22)34-2)36(31,32)27-21(14-17-6-4-3-5-7-17)24(28)26-16-18-8-10-19(11-9-18)35(25,29)30/h3-13,15,21,27H,14,16H2,1-2H3,(H,26,28)(H2,25,29,30)/t21-/m1/s1. The first-order valence-electron chi connectivity index (χ1n) is 10.7. The van der Waals surface area contributed by atoms with Crippen molar-refractivity contribution >= 4 is 26.0 Å². The molecule has 0 spiro atoms. The Labute approximate surface area is 210 Å². The molecule has 0 radical (unpaired) electrons. The highest BCUT2D eigenvalue weighted by molar-refractivity contribution is 7.89. The van der Waals surface area contributed by atoms with E-state index in [-0.39, 0.29) is 28.5 Å². The van der Waals surface area contributed by atoms with Gasteiger partial charge in [-0.25, -0.2) is 22.0 Å². The van der Waals surface area contributed by atoms with Crippen LogP contribution in [0.2, 0.25) is 0 Å². The van der Waals surface area contributed by atoms with Crippen molar-refractivity contribution in [3.63, 3.8) is 0 Å². The van der Waals surface area contributed by atoms with Crippen LogP contribution in [0.3, 0.4) is 0 Å². The predicted molar refractivity (Wildman–Crippen MR) is 133 cm³/mol. The van der Waals surface area contributed by atoms with Gasteiger partial charge in [-0.2, -0.15) is 4.72 Å². The van der Waals surface area contributed by atoms with Crippen LogP contribution in [0.25, 0.3) is 0 Å². The fourth-order valence-corrected chi connectivity index (χ4v) is 5.11. The van der Waals surface area contributed by atoms with Crippen molar-refractivity contribution in [1.29, 1.82) is 0 Å². The lowest BCUT2D eigenvalue weighted by atomic mass is 10.1. The van der Waals surface area contributed by atoms with Crippen LogP contribution in [0.5, 0.6) is 11.5 Å². The van der Waals surface area contributed by atoms with Crippen LogP contribution in [-0.2, 0) is 37.8 Å². The zero-order chi connectivity index (χ0) is 26.3. The van der Waals surface area contributed by atoms with Crippen molar-refractivity contribution in [3.05, 3.63) is 83.9 Å². The molecule has 3 aromatic rings. The molecule has 4 N–H and O–H groups in total. The maximum absolute atomic E-state index is 13.2. The summed E-state index contributed by atoms with van der Waals surface area (Å²) in [5.41, 5.74) is 1.36. The molecule has 0 aliphatic heterocycles. The van der Waals surface area contributed by atoms with Crippen LogP contribution in [-0.4, -0.2) is 43.0 Å². The lowest BCUT2D eigenvalue weighted by Crippen LogP contribution is -2.47. The third kappa shape index (κ3) is 7.04. The third-order valence-corrected chi connectivity index (χ3v) is 7.68. The first kappa shape index (κ1) is 27.1. The van der Waals surface area contributed by atoms with Crippen LogP contribution >= 0.6 is 0 Å². The number of rotatable bonds is 11. The van der Waals surface area contributed by atoms with Gasteiger partial charge in [0.2, 0.25) is 26.0 Å². The van der Waals surface area contributed by atoms with Gasteiger partial charge in [0.15, 0.2) is 11.5 Å². The molecule has 0 bridgehead atoms. The maximum atomic E-state index is 13.2. The Kier molecular flexibility index (Phi) is 8.69. The number of carbonyl (C=O) groups excluding carboxylic acids is 1. The van der Waals surface area contributed by atoms with Gasteiger partial charge in [0.25, 0.3) is 0 Å². The third-order valence-electron chi connectivity index (χ3n) is 5.28. The minimum atomic E-state index is -4.11. The summed E-state index contributed by atoms with van der Waals surface area (Å²) in [5.74, 6) is 0.0364. The van der Waals surface area contributed by atoms with Crippen LogP contribution in [0.15, 0.2) is 82.6 Å². The number of ether oxygens (including phenoxy) is 2. The highest BCUT2D eigenvalue weighted by atomic mass is 32.2. The molecule has 192 valence electrons. The van der Waals surface area contributed by atoms with Gasteiger partial charge in [-0.3, -0.25) is 4.79 Å². The number of sulfonamides is 2. The zero-order valence-electron chi connectivity index (χ0n) is 19.7. The van der Waals surface area contributed by atoms with Crippen molar-refractivity contribution in [2.24, 2.45) is 5.14 Å². The first-order valence-corrected chi connectivity index (χ1v) is 13.7. The Hall–Kier alpha value is -3.45. The lowest BCUT2D eigenvalue weighted by Gasteiger charge is -2.19. The molecule has 0 aliphatic carbocycles. The number of hydrogen-bond donors (Lipinski definition) is 3. The summed E-state index contributed by atoms with van der Waals surface area (Å²) in [6.07, 6.45) is 0.101. The van der Waals surface area contributed by atoms with Gasteiger partial charge >= 0.3 is 0 Å². The molecular formula is C24H27N3O7S2. The Morgan fingerprint density at radius 3 is 2.03 bits per heavy atom. The average molecular weight is 534 g/mol. The number of nitrogens with two attached hydrogens (primary N) is 1. The van der Waals surface area contributed by atoms with E-state index in [9.17, 15) is 21.6 Å². The summed E-state index contributed by atoms with van der Waals surface area (Å²) in [4.78, 5) is 12.9. The molecule has 3 aromatic carbocycles. The summed E-state index contributed by atoms with van der Waals surface area (Å²) >= 11 is 0. The SMILES string of the molecule is COc1ccc(S(=O)(=O)N[C@H](Cc2ccccc2)C(=O)NCc2ccc(S(N)(=O)=O)cc2)cc1OC. The molecule has 1 atom stereocenters. The summed E-state index contributed by atoms with van der Waals surface area (Å²) < 4.78 is 62.0. The van der Waals surface area contributed by atoms with Gasteiger partial charge in [0.1, 0.15) is 6.04 Å². The molecule has 12 heteroatoms. The molecule has 1 amide bonds. The average Bonchev–Trinajstić information content (AvgIpc) is 2.86. The Morgan fingerprint density at radius 2 is 1.44 bits per heavy atom. The van der Waals surface area contributed by atoms with Crippen molar-refractivity contribution in [2.45, 2.75) is 28.8 Å². The molecule has 3 rings (SSSR count). The first-order chi connectivity index (χ1) is 17.0. The van der Waals surface area contributed by atoms with Crippen LogP contribution in [0.4, 0.5) is 0 Å². The van der Waals surface area contributed by atoms with E-state index in [1.54, 1.807) is 24.3 Å². The van der Waals surface area contributed by atoms with E-state index in [1.807, 2.05) is 6.07 Å². The van der Waals surface area contributed by atoms with E-state index in [0.717, 1.165) is 5.56 Å². The molecule has 0 saturated heterocycles. The van der Waals surface area contributed by atoms with Gasteiger partial charge in [-0.05, 0) is 41.8 Å². The van der Waals surface area contributed by atoms with Crippen LogP contribution in [0.1, 0.15) is 11.1 Å². The molecule has 0 aliphatic rings. The minimum absolute atomic E-state index is 0.0487. The molecule has 0 heterocycles. The second kappa shape index (κ2) is 11.5. The van der Waals surface area contributed by atoms with Gasteiger partial charge in [0, 0.05) is 12.6 Å². The number of carbonyl (C=O) groups is 1. The van der Waals surface area contributed by atoms with E-state index in [0.29, 0.717) is 11.3 Å². The van der Waals surface area contributed by atoms with Gasteiger partial charge < -0.3 is 14.8 Å². The molecule has 36 heavy (non-hydrogen) atoms. The summed E-state index contributed by atoms with van der Waals surface area (Å²) in [7, 11) is -5.12. The zero-order valence-corrected chi connectivity index (χ0v) is 21.3. The largest absolute Gasteiger partial charge is 0.493 e. The van der Waals surface area contributed by atoms with E-state index in [1.165, 1.54) is 56.7 Å². The van der Waals surface area contributed by atoms with Gasteiger partial charge in [-0.15, -0.1) is 0 Å². The molecular weight excluding hydrogens is 506 g/mol. The summed E-state index contributed by atoms with van der Waals surface area (Å²) in [5, 5.41) is 7.81. The molecule has 0 fully saturated rings. The molecule has 0 aromatic heterocycles. The lowest BCUT2D eigenvalue weighted by molar-refractivity contribution is -0.122. The Bertz CT molecular complexity index is 1410. The van der Waals surface area contributed by atoms with Crippen LogP contribution in [0, 0.1) is 0 Å². The number of amides is 1. The summed E-state index contributed by atoms with van der Waals surface area (Å²) in [6, 6.07) is 17.7. The fraction of sp³-hybridized carbons (Fsp3) is 0.208. The van der Waals surface area contributed by atoms with Crippen molar-refractivity contribution < 1.29 is 31.1 Å². The monoisotopic (exact) mass is 533 g/mol. The molecule has 10 nitrogen and oxygen atoms in total. The maximum Gasteiger partial charge on any atom is 0.241 e. The minimum Gasteiger partial charge on any atom is -0.493 e. The number of nitrogens with one attached hydrogen (secondary N) is 2. The van der Waals surface area contributed by atoms with Crippen molar-refractivity contribution in [3.8, 4) is 11.5 Å². The number of primary sulfonamides is 1. The van der Waals surface area contributed by atoms with E-state index in [2.05, 4.69) is 10.0 Å². The number of benzene rings is 3. The smallest absolute Gasteiger partial charge is 0.241 e. The predicted octanol–water partition coefficient (Wildman–Crippen LogP) is 1.56. The Morgan fingerprint density at radius 1 is 0.833 bits per heavy atom. The van der Waals surface area contributed by atoms with E-state index in [4.69, 9.17) is 14.6 Å². The molecule has 0 unspecified atom stereocenters. The second-order valence-corrected chi connectivity index (χ2v) is 11.1. The van der Waals surface area contributed by atoms with Gasteiger partial charge in [0.05, 0.1) is 24.0 Å². The van der Waals surface area contributed by atoms with Crippen molar-refractivity contribution in [2.75, 3.05) is 14.2 Å². The number of hydrogen-bond acceptors (Lipinski definition) is 7. The number of methoxy groups -OCH3 is 2. The van der Waals surface area contributed by atoms with E-state index < -0.39 is 32.0 Å². The normalized spacial score (nSPS) is 12.5. The second-order valence-electron chi connectivity index (χ2n) is 7.79. The highest BCUT2D eigenvalue weighted by Gasteiger charge is 2.27. The highest BCUT2D eigenvalue weighted by Crippen LogP contribution is 2.29. The van der Waals surface area contributed by atoms with Gasteiger partial charge in [-0.1, -0.05) is 42.5 Å². The van der Waals surface area contributed by atoms with Crippen LogP contribution < -0.4 is 24.7 Å². The topological polar surface area (TPSA) is 154 Å².